The van der Waals surface area contributed by atoms with Crippen molar-refractivity contribution in [1.82, 2.24) is 9.55 Å². The molecule has 2 atom stereocenters. The number of nitrogens with zero attached hydrogens (tertiary/aromatic N) is 2. The molecule has 1 aromatic heterocycles. The summed E-state index contributed by atoms with van der Waals surface area (Å²) >= 11 is 0. The molecule has 2 unspecified atom stereocenters. The van der Waals surface area contributed by atoms with Crippen LogP contribution in [-0.4, -0.2) is 23.2 Å². The molecule has 5 nitrogen and oxygen atoms in total. The smallest absolute Gasteiger partial charge is 0.261 e. The van der Waals surface area contributed by atoms with Gasteiger partial charge in [0.05, 0.1) is 18.0 Å². The number of fused-ring (bicyclic) bond motifs is 1. The van der Waals surface area contributed by atoms with Crippen molar-refractivity contribution in [1.29, 1.82) is 0 Å². The Labute approximate surface area is 177 Å². The van der Waals surface area contributed by atoms with E-state index in [0.717, 1.165) is 50.1 Å². The molecule has 158 valence electrons. The fourth-order valence-corrected chi connectivity index (χ4v) is 4.69. The number of aryl methyl sites for hydroxylation is 2. The first-order valence-electron chi connectivity index (χ1n) is 11.0. The lowest BCUT2D eigenvalue weighted by molar-refractivity contribution is 0.244. The third kappa shape index (κ3) is 4.57. The molecule has 1 aliphatic rings. The Morgan fingerprint density at radius 3 is 2.67 bits per heavy atom. The molecule has 0 spiro atoms. The van der Waals surface area contributed by atoms with Crippen molar-refractivity contribution in [3.63, 3.8) is 0 Å². The second-order valence-corrected chi connectivity index (χ2v) is 8.45. The molecular weight excluding hydrogens is 374 g/mol. The van der Waals surface area contributed by atoms with Gasteiger partial charge in [-0.05, 0) is 67.8 Å². The number of rotatable bonds is 7. The molecule has 1 saturated carbocycles. The Hall–Kier alpha value is -2.66. The first-order chi connectivity index (χ1) is 14.7. The number of methoxy groups -OCH3 is 1. The summed E-state index contributed by atoms with van der Waals surface area (Å²) < 4.78 is 7.27. The minimum absolute atomic E-state index is 0.0387. The standard InChI is InChI=1S/C25H31N3O2/c1-30-21-11-12-23-22(15-21)25(29)28(17-20-9-5-8-19(14-20)16-26)24(27-23)13-10-18-6-3-2-4-7-18/h2-4,6-7,11-12,15,19-20H,5,8-10,13-14,16-17,26H2,1H3. The summed E-state index contributed by atoms with van der Waals surface area (Å²) in [5, 5.41) is 0.629. The van der Waals surface area contributed by atoms with Crippen molar-refractivity contribution in [3.8, 4) is 5.75 Å². The summed E-state index contributed by atoms with van der Waals surface area (Å²) in [6.45, 7) is 1.46. The Balaban J connectivity index is 1.69. The van der Waals surface area contributed by atoms with Gasteiger partial charge in [-0.3, -0.25) is 9.36 Å². The largest absolute Gasteiger partial charge is 0.497 e. The van der Waals surface area contributed by atoms with E-state index in [1.165, 1.54) is 18.4 Å². The molecule has 30 heavy (non-hydrogen) atoms. The lowest BCUT2D eigenvalue weighted by Crippen LogP contribution is -2.32. The highest BCUT2D eigenvalue weighted by molar-refractivity contribution is 5.79. The third-order valence-electron chi connectivity index (χ3n) is 6.39. The van der Waals surface area contributed by atoms with Crippen LogP contribution in [0, 0.1) is 11.8 Å². The summed E-state index contributed by atoms with van der Waals surface area (Å²) in [6.07, 6.45) is 6.25. The molecule has 2 aromatic carbocycles. The highest BCUT2D eigenvalue weighted by atomic mass is 16.5. The van der Waals surface area contributed by atoms with Gasteiger partial charge in [-0.1, -0.05) is 36.8 Å². The molecule has 1 fully saturated rings. The van der Waals surface area contributed by atoms with E-state index >= 15 is 0 Å². The number of hydrogen-bond acceptors (Lipinski definition) is 4. The molecule has 2 N–H and O–H groups in total. The quantitative estimate of drug-likeness (QED) is 0.646. The molecule has 0 bridgehead atoms. The molecule has 4 rings (SSSR count). The fraction of sp³-hybridized carbons (Fsp3) is 0.440. The summed E-state index contributed by atoms with van der Waals surface area (Å²) in [4.78, 5) is 18.4. The maximum absolute atomic E-state index is 13.5. The van der Waals surface area contributed by atoms with Crippen molar-refractivity contribution >= 4 is 10.9 Å². The molecule has 1 aliphatic carbocycles. The summed E-state index contributed by atoms with van der Waals surface area (Å²) in [5.41, 5.74) is 7.98. The number of benzene rings is 2. The van der Waals surface area contributed by atoms with Crippen LogP contribution < -0.4 is 16.0 Å². The van der Waals surface area contributed by atoms with Crippen molar-refractivity contribution < 1.29 is 4.74 Å². The van der Waals surface area contributed by atoms with Crippen LogP contribution in [0.1, 0.15) is 37.1 Å². The Morgan fingerprint density at radius 1 is 1.10 bits per heavy atom. The van der Waals surface area contributed by atoms with Crippen LogP contribution in [0.25, 0.3) is 10.9 Å². The van der Waals surface area contributed by atoms with Gasteiger partial charge in [-0.25, -0.2) is 4.98 Å². The van der Waals surface area contributed by atoms with Gasteiger partial charge in [-0.2, -0.15) is 0 Å². The van der Waals surface area contributed by atoms with Crippen LogP contribution in [0.4, 0.5) is 0 Å². The van der Waals surface area contributed by atoms with Crippen LogP contribution in [-0.2, 0) is 19.4 Å². The first kappa shape index (κ1) is 20.6. The summed E-state index contributed by atoms with van der Waals surface area (Å²) in [6, 6.07) is 15.9. The Kier molecular flexibility index (Phi) is 6.48. The van der Waals surface area contributed by atoms with E-state index in [2.05, 4.69) is 24.3 Å². The van der Waals surface area contributed by atoms with Gasteiger partial charge in [0.15, 0.2) is 0 Å². The van der Waals surface area contributed by atoms with Crippen LogP contribution >= 0.6 is 0 Å². The highest BCUT2D eigenvalue weighted by Gasteiger charge is 2.23. The van der Waals surface area contributed by atoms with Crippen LogP contribution in [0.3, 0.4) is 0 Å². The second kappa shape index (κ2) is 9.43. The fourth-order valence-electron chi connectivity index (χ4n) is 4.69. The number of ether oxygens (including phenoxy) is 1. The topological polar surface area (TPSA) is 70.1 Å². The molecule has 0 radical (unpaired) electrons. The number of hydrogen-bond donors (Lipinski definition) is 1. The minimum atomic E-state index is 0.0387. The van der Waals surface area contributed by atoms with Crippen molar-refractivity contribution in [2.24, 2.45) is 17.6 Å². The van der Waals surface area contributed by atoms with E-state index in [1.54, 1.807) is 7.11 Å². The van der Waals surface area contributed by atoms with Gasteiger partial charge in [0.25, 0.3) is 5.56 Å². The SMILES string of the molecule is COc1ccc2nc(CCc3ccccc3)n(CC3CCCC(CN)C3)c(=O)c2c1. The first-order valence-corrected chi connectivity index (χ1v) is 11.0. The van der Waals surface area contributed by atoms with Crippen molar-refractivity contribution in [3.05, 3.63) is 70.3 Å². The number of nitrogens with two attached hydrogens (primary N) is 1. The van der Waals surface area contributed by atoms with Gasteiger partial charge in [-0.15, -0.1) is 0 Å². The average Bonchev–Trinajstić information content (AvgIpc) is 2.80. The zero-order valence-electron chi connectivity index (χ0n) is 17.7. The second-order valence-electron chi connectivity index (χ2n) is 8.45. The molecule has 5 heteroatoms. The Bertz CT molecular complexity index is 1050. The van der Waals surface area contributed by atoms with Crippen molar-refractivity contribution in [2.45, 2.75) is 45.1 Å². The highest BCUT2D eigenvalue weighted by Crippen LogP contribution is 2.30. The zero-order valence-corrected chi connectivity index (χ0v) is 17.7. The predicted molar refractivity (Wildman–Crippen MR) is 121 cm³/mol. The summed E-state index contributed by atoms with van der Waals surface area (Å²) in [5.74, 6) is 2.60. The van der Waals surface area contributed by atoms with E-state index in [4.69, 9.17) is 15.5 Å². The molecule has 0 amide bonds. The van der Waals surface area contributed by atoms with E-state index in [-0.39, 0.29) is 5.56 Å². The number of aromatic nitrogens is 2. The normalized spacial score (nSPS) is 19.1. The zero-order chi connectivity index (χ0) is 20.9. The van der Waals surface area contributed by atoms with Gasteiger partial charge in [0, 0.05) is 13.0 Å². The van der Waals surface area contributed by atoms with Crippen LogP contribution in [0.5, 0.6) is 5.75 Å². The van der Waals surface area contributed by atoms with Gasteiger partial charge < -0.3 is 10.5 Å². The Morgan fingerprint density at radius 2 is 1.90 bits per heavy atom. The lowest BCUT2D eigenvalue weighted by atomic mass is 9.81. The maximum atomic E-state index is 13.5. The predicted octanol–water partition coefficient (Wildman–Crippen LogP) is 3.96. The van der Waals surface area contributed by atoms with E-state index in [1.807, 2.05) is 28.8 Å². The van der Waals surface area contributed by atoms with Crippen molar-refractivity contribution in [2.75, 3.05) is 13.7 Å². The molecule has 0 aliphatic heterocycles. The molecular formula is C25H31N3O2. The monoisotopic (exact) mass is 405 g/mol. The van der Waals surface area contributed by atoms with Crippen LogP contribution in [0.2, 0.25) is 0 Å². The van der Waals surface area contributed by atoms with Gasteiger partial charge >= 0.3 is 0 Å². The van der Waals surface area contributed by atoms with E-state index in [9.17, 15) is 4.79 Å². The van der Waals surface area contributed by atoms with E-state index in [0.29, 0.717) is 23.0 Å². The molecule has 0 saturated heterocycles. The molecule has 1 heterocycles. The maximum Gasteiger partial charge on any atom is 0.261 e. The lowest BCUT2D eigenvalue weighted by Gasteiger charge is -2.29. The summed E-state index contributed by atoms with van der Waals surface area (Å²) in [7, 11) is 1.62. The van der Waals surface area contributed by atoms with Gasteiger partial charge in [0.1, 0.15) is 11.6 Å². The minimum Gasteiger partial charge on any atom is -0.497 e. The van der Waals surface area contributed by atoms with Crippen LogP contribution in [0.15, 0.2) is 53.3 Å². The third-order valence-corrected chi connectivity index (χ3v) is 6.39. The molecule has 3 aromatic rings. The average molecular weight is 406 g/mol. The van der Waals surface area contributed by atoms with E-state index < -0.39 is 0 Å². The van der Waals surface area contributed by atoms with Gasteiger partial charge in [0.2, 0.25) is 0 Å².